The number of hydrogen-bond acceptors (Lipinski definition) is 6. The molecule has 25 heavy (non-hydrogen) atoms. The molecule has 1 aromatic heterocycles. The minimum Gasteiger partial charge on any atom is -0.493 e. The molecule has 2 aromatic rings. The first-order chi connectivity index (χ1) is 12.1. The van der Waals surface area contributed by atoms with E-state index in [4.69, 9.17) is 14.1 Å². The lowest BCUT2D eigenvalue weighted by Gasteiger charge is -2.14. The minimum absolute atomic E-state index is 0.0560. The molecular formula is C17H20BFN2O4. The van der Waals surface area contributed by atoms with E-state index >= 15 is 0 Å². The number of aromatic nitrogens is 2. The lowest BCUT2D eigenvalue weighted by Crippen LogP contribution is -2.08. The van der Waals surface area contributed by atoms with Gasteiger partial charge in [-0.3, -0.25) is 4.98 Å². The van der Waals surface area contributed by atoms with E-state index in [2.05, 4.69) is 9.97 Å². The molecule has 3 rings (SSSR count). The van der Waals surface area contributed by atoms with E-state index in [0.717, 1.165) is 6.42 Å². The maximum absolute atomic E-state index is 15.0. The molecule has 1 fully saturated rings. The Kier molecular flexibility index (Phi) is 5.50. The van der Waals surface area contributed by atoms with Gasteiger partial charge in [-0.25, -0.2) is 9.37 Å². The highest BCUT2D eigenvalue weighted by atomic mass is 19.1. The van der Waals surface area contributed by atoms with Gasteiger partial charge in [0.2, 0.25) is 0 Å². The van der Waals surface area contributed by atoms with Gasteiger partial charge in [0.15, 0.2) is 17.3 Å². The molecule has 1 N–H and O–H groups in total. The van der Waals surface area contributed by atoms with Crippen molar-refractivity contribution >= 4 is 7.12 Å². The van der Waals surface area contributed by atoms with Crippen LogP contribution in [-0.4, -0.2) is 42.4 Å². The van der Waals surface area contributed by atoms with Crippen LogP contribution in [0, 0.1) is 5.82 Å². The van der Waals surface area contributed by atoms with Crippen LogP contribution in [0.5, 0.6) is 11.5 Å². The van der Waals surface area contributed by atoms with Gasteiger partial charge in [-0.05, 0) is 24.9 Å². The van der Waals surface area contributed by atoms with Gasteiger partial charge in [-0.2, -0.15) is 0 Å². The van der Waals surface area contributed by atoms with Crippen molar-refractivity contribution in [2.45, 2.75) is 25.6 Å². The molecule has 8 heteroatoms. The fourth-order valence-electron chi connectivity index (χ4n) is 2.76. The van der Waals surface area contributed by atoms with Gasteiger partial charge in [-0.15, -0.1) is 0 Å². The van der Waals surface area contributed by atoms with Crippen LogP contribution in [-0.2, 0) is 4.65 Å². The Hall–Kier alpha value is -2.19. The number of benzene rings is 1. The Balaban J connectivity index is 1.96. The van der Waals surface area contributed by atoms with Crippen molar-refractivity contribution in [3.05, 3.63) is 36.0 Å². The van der Waals surface area contributed by atoms with E-state index in [1.54, 1.807) is 18.3 Å². The molecule has 132 valence electrons. The Morgan fingerprint density at radius 3 is 2.92 bits per heavy atom. The van der Waals surface area contributed by atoms with E-state index in [0.29, 0.717) is 42.2 Å². The van der Waals surface area contributed by atoms with Crippen LogP contribution >= 0.6 is 0 Å². The smallest absolute Gasteiger partial charge is 0.454 e. The summed E-state index contributed by atoms with van der Waals surface area (Å²) in [6.45, 7) is 2.70. The van der Waals surface area contributed by atoms with Crippen molar-refractivity contribution in [3.8, 4) is 22.8 Å². The highest BCUT2D eigenvalue weighted by Crippen LogP contribution is 2.37. The number of rotatable bonds is 6. The Bertz CT molecular complexity index is 747. The van der Waals surface area contributed by atoms with Crippen LogP contribution in [0.1, 0.15) is 25.0 Å². The highest BCUT2D eigenvalue weighted by molar-refractivity contribution is 6.43. The van der Waals surface area contributed by atoms with Gasteiger partial charge in [0.1, 0.15) is 0 Å². The van der Waals surface area contributed by atoms with E-state index in [-0.39, 0.29) is 11.7 Å². The molecule has 0 aliphatic carbocycles. The Morgan fingerprint density at radius 1 is 1.40 bits per heavy atom. The van der Waals surface area contributed by atoms with Crippen molar-refractivity contribution in [2.75, 3.05) is 20.3 Å². The standard InChI is InChI=1S/C17H20BFN2O4/c1-3-6-24-17-15(23-2)5-4-12(16(17)19)14-9-20-8-13(21-14)11-7-18(22)25-10-11/h4-5,8-9,11,22H,3,6-7,10H2,1-2H3/t11-/m1/s1. The molecular weight excluding hydrogens is 326 g/mol. The summed E-state index contributed by atoms with van der Waals surface area (Å²) in [4.78, 5) is 8.67. The molecule has 6 nitrogen and oxygen atoms in total. The second kappa shape index (κ2) is 7.80. The van der Waals surface area contributed by atoms with Gasteiger partial charge in [0, 0.05) is 24.3 Å². The van der Waals surface area contributed by atoms with Gasteiger partial charge < -0.3 is 19.2 Å². The van der Waals surface area contributed by atoms with E-state index in [9.17, 15) is 9.41 Å². The first-order valence-corrected chi connectivity index (χ1v) is 8.25. The fourth-order valence-corrected chi connectivity index (χ4v) is 2.76. The van der Waals surface area contributed by atoms with Crippen LogP contribution in [0.3, 0.4) is 0 Å². The number of methoxy groups -OCH3 is 1. The minimum atomic E-state index is -0.790. The third kappa shape index (κ3) is 3.75. The SMILES string of the molecule is CCCOc1c(OC)ccc(-c2cncc([C@H]3COB(O)C3)n2)c1F. The average Bonchev–Trinajstić information content (AvgIpc) is 3.07. The maximum Gasteiger partial charge on any atom is 0.454 e. The number of ether oxygens (including phenoxy) is 2. The topological polar surface area (TPSA) is 73.7 Å². The molecule has 0 spiro atoms. The molecule has 1 aliphatic rings. The molecule has 1 atom stereocenters. The second-order valence-corrected chi connectivity index (χ2v) is 5.86. The van der Waals surface area contributed by atoms with E-state index in [1.165, 1.54) is 13.3 Å². The van der Waals surface area contributed by atoms with Crippen LogP contribution in [0.25, 0.3) is 11.3 Å². The molecule has 0 bridgehead atoms. The second-order valence-electron chi connectivity index (χ2n) is 5.86. The lowest BCUT2D eigenvalue weighted by molar-refractivity contribution is 0.280. The van der Waals surface area contributed by atoms with E-state index in [1.807, 2.05) is 6.92 Å². The summed E-state index contributed by atoms with van der Waals surface area (Å²) in [5.74, 6) is -0.165. The summed E-state index contributed by atoms with van der Waals surface area (Å²) in [7, 11) is 0.682. The van der Waals surface area contributed by atoms with Crippen molar-refractivity contribution in [1.82, 2.24) is 9.97 Å². The molecule has 0 radical (unpaired) electrons. The van der Waals surface area contributed by atoms with Crippen molar-refractivity contribution in [2.24, 2.45) is 0 Å². The first-order valence-electron chi connectivity index (χ1n) is 8.25. The molecule has 0 saturated carbocycles. The monoisotopic (exact) mass is 346 g/mol. The number of hydrogen-bond donors (Lipinski definition) is 1. The predicted octanol–water partition coefficient (Wildman–Crippen LogP) is 2.67. The average molecular weight is 346 g/mol. The largest absolute Gasteiger partial charge is 0.493 e. The van der Waals surface area contributed by atoms with Crippen LogP contribution < -0.4 is 9.47 Å². The third-order valence-corrected chi connectivity index (χ3v) is 4.05. The maximum atomic E-state index is 15.0. The Morgan fingerprint density at radius 2 is 2.24 bits per heavy atom. The summed E-state index contributed by atoms with van der Waals surface area (Å²) in [6.07, 6.45) is 4.33. The number of halogens is 1. The molecule has 1 saturated heterocycles. The lowest BCUT2D eigenvalue weighted by atomic mass is 9.81. The van der Waals surface area contributed by atoms with Gasteiger partial charge in [0.05, 0.1) is 31.3 Å². The first kappa shape index (κ1) is 17.6. The summed E-state index contributed by atoms with van der Waals surface area (Å²) < 4.78 is 30.8. The van der Waals surface area contributed by atoms with E-state index < -0.39 is 12.9 Å². The van der Waals surface area contributed by atoms with Crippen LogP contribution in [0.2, 0.25) is 6.32 Å². The summed E-state index contributed by atoms with van der Waals surface area (Å²) >= 11 is 0. The zero-order valence-electron chi connectivity index (χ0n) is 14.2. The Labute approximate surface area is 146 Å². The van der Waals surface area contributed by atoms with Crippen LogP contribution in [0.15, 0.2) is 24.5 Å². The van der Waals surface area contributed by atoms with Crippen molar-refractivity contribution in [3.63, 3.8) is 0 Å². The molecule has 1 aliphatic heterocycles. The zero-order valence-corrected chi connectivity index (χ0v) is 14.2. The number of nitrogens with zero attached hydrogens (tertiary/aromatic N) is 2. The molecule has 2 heterocycles. The van der Waals surface area contributed by atoms with Crippen molar-refractivity contribution in [1.29, 1.82) is 0 Å². The van der Waals surface area contributed by atoms with Gasteiger partial charge in [-0.1, -0.05) is 6.92 Å². The summed E-state index contributed by atoms with van der Waals surface area (Å²) in [5, 5.41) is 9.51. The normalized spacial score (nSPS) is 17.0. The highest BCUT2D eigenvalue weighted by Gasteiger charge is 2.31. The zero-order chi connectivity index (χ0) is 17.8. The summed E-state index contributed by atoms with van der Waals surface area (Å²) in [6, 6.07) is 3.25. The molecule has 0 amide bonds. The fraction of sp³-hybridized carbons (Fsp3) is 0.412. The van der Waals surface area contributed by atoms with Crippen LogP contribution in [0.4, 0.5) is 4.39 Å². The van der Waals surface area contributed by atoms with Gasteiger partial charge >= 0.3 is 7.12 Å². The third-order valence-electron chi connectivity index (χ3n) is 4.05. The molecule has 0 unspecified atom stereocenters. The quantitative estimate of drug-likeness (QED) is 0.811. The predicted molar refractivity (Wildman–Crippen MR) is 91.2 cm³/mol. The molecule has 1 aromatic carbocycles. The van der Waals surface area contributed by atoms with Crippen molar-refractivity contribution < 1.29 is 23.5 Å². The summed E-state index contributed by atoms with van der Waals surface area (Å²) in [5.41, 5.74) is 1.36. The van der Waals surface area contributed by atoms with Gasteiger partial charge in [0.25, 0.3) is 0 Å².